The Balaban J connectivity index is 1.78. The fourth-order valence-corrected chi connectivity index (χ4v) is 5.62. The Labute approximate surface area is 166 Å². The molecule has 2 fully saturated rings. The Kier molecular flexibility index (Phi) is 6.78. The van der Waals surface area contributed by atoms with Crippen LogP contribution in [0.5, 0.6) is 0 Å². The van der Waals surface area contributed by atoms with Crippen molar-refractivity contribution < 1.29 is 13.2 Å². The molecule has 27 heavy (non-hydrogen) atoms. The van der Waals surface area contributed by atoms with Crippen LogP contribution in [-0.4, -0.2) is 62.8 Å². The highest BCUT2D eigenvalue weighted by Gasteiger charge is 2.30. The minimum atomic E-state index is -3.72. The van der Waals surface area contributed by atoms with Crippen molar-refractivity contribution in [1.29, 1.82) is 0 Å². The molecule has 1 aliphatic heterocycles. The molecule has 0 unspecified atom stereocenters. The normalized spacial score (nSPS) is 21.0. The molecular formula is C19H28ClN3O3S. The van der Waals surface area contributed by atoms with Gasteiger partial charge in [-0.05, 0) is 38.1 Å². The van der Waals surface area contributed by atoms with Gasteiger partial charge in [-0.25, -0.2) is 8.42 Å². The molecule has 1 aromatic rings. The molecule has 0 bridgehead atoms. The smallest absolute Gasteiger partial charge is 0.251 e. The average molecular weight is 414 g/mol. The molecule has 1 heterocycles. The van der Waals surface area contributed by atoms with E-state index in [2.05, 4.69) is 10.2 Å². The van der Waals surface area contributed by atoms with Gasteiger partial charge in [0.25, 0.3) is 5.91 Å². The van der Waals surface area contributed by atoms with Gasteiger partial charge in [0, 0.05) is 37.8 Å². The van der Waals surface area contributed by atoms with Gasteiger partial charge in [0.05, 0.1) is 5.02 Å². The van der Waals surface area contributed by atoms with Crippen molar-refractivity contribution in [3.8, 4) is 0 Å². The standard InChI is InChI=1S/C19H28ClN3O3S/c1-22-10-12-23(13-11-22)27(25,26)18-14-15(8-9-17(18)20)19(24)21-16-6-4-2-3-5-7-16/h8-9,14,16H,2-7,10-13H2,1H3,(H,21,24). The van der Waals surface area contributed by atoms with Crippen molar-refractivity contribution in [3.63, 3.8) is 0 Å². The Morgan fingerprint density at radius 1 is 1.07 bits per heavy atom. The summed E-state index contributed by atoms with van der Waals surface area (Å²) in [6, 6.07) is 4.68. The third-order valence-electron chi connectivity index (χ3n) is 5.46. The fraction of sp³-hybridized carbons (Fsp3) is 0.632. The largest absolute Gasteiger partial charge is 0.349 e. The van der Waals surface area contributed by atoms with Gasteiger partial charge < -0.3 is 10.2 Å². The number of rotatable bonds is 4. The number of carbonyl (C=O) groups excluding carboxylic acids is 1. The molecule has 1 aromatic carbocycles. The van der Waals surface area contributed by atoms with Crippen molar-refractivity contribution in [2.24, 2.45) is 0 Å². The van der Waals surface area contributed by atoms with E-state index in [0.29, 0.717) is 31.7 Å². The number of nitrogens with one attached hydrogen (secondary N) is 1. The monoisotopic (exact) mass is 413 g/mol. The van der Waals surface area contributed by atoms with Gasteiger partial charge in [0.15, 0.2) is 0 Å². The topological polar surface area (TPSA) is 69.7 Å². The maximum atomic E-state index is 13.0. The summed E-state index contributed by atoms with van der Waals surface area (Å²) >= 11 is 6.20. The summed E-state index contributed by atoms with van der Waals surface area (Å²) in [6.07, 6.45) is 6.61. The number of sulfonamides is 1. The Morgan fingerprint density at radius 3 is 2.33 bits per heavy atom. The van der Waals surface area contributed by atoms with E-state index in [1.54, 1.807) is 6.07 Å². The molecule has 8 heteroatoms. The van der Waals surface area contributed by atoms with Gasteiger partial charge in [-0.3, -0.25) is 4.79 Å². The van der Waals surface area contributed by atoms with E-state index in [-0.39, 0.29) is 21.9 Å². The van der Waals surface area contributed by atoms with Crippen molar-refractivity contribution in [2.45, 2.75) is 49.5 Å². The molecule has 6 nitrogen and oxygen atoms in total. The predicted octanol–water partition coefficient (Wildman–Crippen LogP) is 2.73. The highest BCUT2D eigenvalue weighted by molar-refractivity contribution is 7.89. The minimum absolute atomic E-state index is 0.0160. The van der Waals surface area contributed by atoms with Gasteiger partial charge in [0.2, 0.25) is 10.0 Å². The second kappa shape index (κ2) is 8.90. The molecule has 0 spiro atoms. The fourth-order valence-electron chi connectivity index (χ4n) is 3.70. The van der Waals surface area contributed by atoms with Gasteiger partial charge >= 0.3 is 0 Å². The molecule has 1 aliphatic carbocycles. The zero-order valence-corrected chi connectivity index (χ0v) is 17.4. The number of amides is 1. The summed E-state index contributed by atoms with van der Waals surface area (Å²) in [5.74, 6) is -0.228. The quantitative estimate of drug-likeness (QED) is 0.770. The summed E-state index contributed by atoms with van der Waals surface area (Å²) in [5, 5.41) is 3.21. The zero-order valence-electron chi connectivity index (χ0n) is 15.8. The van der Waals surface area contributed by atoms with E-state index in [9.17, 15) is 13.2 Å². The second-order valence-corrected chi connectivity index (χ2v) is 9.83. The van der Waals surface area contributed by atoms with Crippen LogP contribution in [0, 0.1) is 0 Å². The lowest BCUT2D eigenvalue weighted by Gasteiger charge is -2.31. The summed E-state index contributed by atoms with van der Waals surface area (Å²) in [6.45, 7) is 2.21. The lowest BCUT2D eigenvalue weighted by Crippen LogP contribution is -2.47. The average Bonchev–Trinajstić information content (AvgIpc) is 2.91. The van der Waals surface area contributed by atoms with Crippen LogP contribution in [0.25, 0.3) is 0 Å². The first kappa shape index (κ1) is 20.6. The molecule has 1 amide bonds. The maximum Gasteiger partial charge on any atom is 0.251 e. The maximum absolute atomic E-state index is 13.0. The summed E-state index contributed by atoms with van der Waals surface area (Å²) in [4.78, 5) is 14.8. The summed E-state index contributed by atoms with van der Waals surface area (Å²) < 4.78 is 27.5. The number of carbonyl (C=O) groups is 1. The molecule has 0 aromatic heterocycles. The molecule has 150 valence electrons. The second-order valence-electron chi connectivity index (χ2n) is 7.51. The van der Waals surface area contributed by atoms with E-state index < -0.39 is 10.0 Å². The van der Waals surface area contributed by atoms with Crippen LogP contribution in [0.4, 0.5) is 0 Å². The number of hydrogen-bond donors (Lipinski definition) is 1. The Morgan fingerprint density at radius 2 is 1.70 bits per heavy atom. The van der Waals surface area contributed by atoms with Crippen molar-refractivity contribution in [1.82, 2.24) is 14.5 Å². The van der Waals surface area contributed by atoms with Crippen molar-refractivity contribution in [3.05, 3.63) is 28.8 Å². The van der Waals surface area contributed by atoms with Gasteiger partial charge in [-0.1, -0.05) is 37.3 Å². The highest BCUT2D eigenvalue weighted by Crippen LogP contribution is 2.27. The molecule has 1 saturated carbocycles. The number of piperazine rings is 1. The SMILES string of the molecule is CN1CCN(S(=O)(=O)c2cc(C(=O)NC3CCCCCC3)ccc2Cl)CC1. The molecule has 1 saturated heterocycles. The van der Waals surface area contributed by atoms with Crippen LogP contribution < -0.4 is 5.32 Å². The van der Waals surface area contributed by atoms with E-state index in [0.717, 1.165) is 25.7 Å². The van der Waals surface area contributed by atoms with Gasteiger partial charge in [-0.2, -0.15) is 4.31 Å². The van der Waals surface area contributed by atoms with E-state index >= 15 is 0 Å². The number of hydrogen-bond acceptors (Lipinski definition) is 4. The van der Waals surface area contributed by atoms with Crippen LogP contribution >= 0.6 is 11.6 Å². The highest BCUT2D eigenvalue weighted by atomic mass is 35.5. The third-order valence-corrected chi connectivity index (χ3v) is 7.84. The minimum Gasteiger partial charge on any atom is -0.349 e. The van der Waals surface area contributed by atoms with Gasteiger partial charge in [0.1, 0.15) is 4.90 Å². The van der Waals surface area contributed by atoms with Crippen LogP contribution in [0.2, 0.25) is 5.02 Å². The van der Waals surface area contributed by atoms with Crippen molar-refractivity contribution in [2.75, 3.05) is 33.2 Å². The van der Waals surface area contributed by atoms with E-state index in [1.165, 1.54) is 29.3 Å². The lowest BCUT2D eigenvalue weighted by molar-refractivity contribution is 0.0933. The van der Waals surface area contributed by atoms with Crippen LogP contribution in [0.3, 0.4) is 0 Å². The lowest BCUT2D eigenvalue weighted by atomic mass is 10.1. The van der Waals surface area contributed by atoms with Crippen LogP contribution in [0.15, 0.2) is 23.1 Å². The first-order valence-corrected chi connectivity index (χ1v) is 11.5. The molecule has 3 rings (SSSR count). The van der Waals surface area contributed by atoms with Crippen LogP contribution in [-0.2, 0) is 10.0 Å². The molecule has 1 N–H and O–H groups in total. The Hall–Kier alpha value is -1.15. The van der Waals surface area contributed by atoms with Crippen molar-refractivity contribution >= 4 is 27.5 Å². The zero-order chi connectivity index (χ0) is 19.4. The molecule has 0 atom stereocenters. The van der Waals surface area contributed by atoms with Gasteiger partial charge in [-0.15, -0.1) is 0 Å². The molecule has 2 aliphatic rings. The number of benzene rings is 1. The summed E-state index contributed by atoms with van der Waals surface area (Å²) in [5.41, 5.74) is 0.344. The van der Waals surface area contributed by atoms with E-state index in [4.69, 9.17) is 11.6 Å². The van der Waals surface area contributed by atoms with Crippen LogP contribution in [0.1, 0.15) is 48.9 Å². The molecule has 0 radical (unpaired) electrons. The first-order chi connectivity index (χ1) is 12.9. The third kappa shape index (κ3) is 5.02. The van der Waals surface area contributed by atoms with E-state index in [1.807, 2.05) is 7.05 Å². The predicted molar refractivity (Wildman–Crippen MR) is 107 cm³/mol. The number of halogens is 1. The number of nitrogens with zero attached hydrogens (tertiary/aromatic N) is 2. The Bertz CT molecular complexity index is 768. The number of likely N-dealkylation sites (N-methyl/N-ethyl adjacent to an activating group) is 1. The molecular weight excluding hydrogens is 386 g/mol. The first-order valence-electron chi connectivity index (χ1n) is 9.67. The summed E-state index contributed by atoms with van der Waals surface area (Å²) in [7, 11) is -1.75.